The van der Waals surface area contributed by atoms with E-state index in [1.54, 1.807) is 72.8 Å². The van der Waals surface area contributed by atoms with Gasteiger partial charge in [0.25, 0.3) is 0 Å². The summed E-state index contributed by atoms with van der Waals surface area (Å²) in [6.45, 7) is 2.00. The highest BCUT2D eigenvalue weighted by atomic mass is 16.5. The van der Waals surface area contributed by atoms with Crippen LogP contribution in [0.3, 0.4) is 0 Å². The zero-order valence-corrected chi connectivity index (χ0v) is 18.8. The van der Waals surface area contributed by atoms with Gasteiger partial charge in [-0.05, 0) is 36.4 Å². The van der Waals surface area contributed by atoms with Crippen molar-refractivity contribution in [3.8, 4) is 56.8 Å². The van der Waals surface area contributed by atoms with Crippen molar-refractivity contribution in [1.82, 2.24) is 0 Å². The summed E-state index contributed by atoms with van der Waals surface area (Å²) in [6.07, 6.45) is 0. The van der Waals surface area contributed by atoms with Crippen molar-refractivity contribution in [3.05, 3.63) is 84.9 Å². The molecule has 0 bridgehead atoms. The highest BCUT2D eigenvalue weighted by Crippen LogP contribution is 2.37. The van der Waals surface area contributed by atoms with Gasteiger partial charge in [-0.25, -0.2) is 0 Å². The molecule has 4 N–H and O–H groups in total. The Morgan fingerprint density at radius 2 is 0.824 bits per heavy atom. The number of phenols is 4. The number of rotatable bonds is 4. The molecule has 34 heavy (non-hydrogen) atoms. The molecule has 7 nitrogen and oxygen atoms in total. The Morgan fingerprint density at radius 3 is 1.12 bits per heavy atom. The molecule has 0 heterocycles. The first-order valence-electron chi connectivity index (χ1n) is 10.0. The van der Waals surface area contributed by atoms with E-state index < -0.39 is 0 Å². The third kappa shape index (κ3) is 6.20. The lowest BCUT2D eigenvalue weighted by Gasteiger charge is -2.08. The smallest absolute Gasteiger partial charge is 0.127 e. The van der Waals surface area contributed by atoms with E-state index in [1.807, 2.05) is 6.79 Å². The third-order valence-electron chi connectivity index (χ3n) is 4.80. The van der Waals surface area contributed by atoms with Crippen LogP contribution in [0.4, 0.5) is 0 Å². The van der Waals surface area contributed by atoms with Crippen molar-refractivity contribution in [2.45, 2.75) is 0 Å². The monoisotopic (exact) mass is 462 g/mol. The molecule has 4 aromatic carbocycles. The Bertz CT molecular complexity index is 1130. The second kappa shape index (κ2) is 12.4. The second-order valence-corrected chi connectivity index (χ2v) is 6.80. The predicted octanol–water partition coefficient (Wildman–Crippen LogP) is 5.36. The number of benzene rings is 4. The van der Waals surface area contributed by atoms with Gasteiger partial charge in [-0.1, -0.05) is 36.4 Å². The van der Waals surface area contributed by atoms with E-state index in [-0.39, 0.29) is 23.0 Å². The number of methoxy groups -OCH3 is 2. The van der Waals surface area contributed by atoms with Crippen LogP contribution in [0.25, 0.3) is 22.3 Å². The Kier molecular flexibility index (Phi) is 9.34. The van der Waals surface area contributed by atoms with Gasteiger partial charge in [-0.3, -0.25) is 0 Å². The van der Waals surface area contributed by atoms with Gasteiger partial charge in [0, 0.05) is 34.4 Å². The van der Waals surface area contributed by atoms with Crippen LogP contribution in [0, 0.1) is 0 Å². The number of hydrogen-bond donors (Lipinski definition) is 4. The lowest BCUT2D eigenvalue weighted by molar-refractivity contribution is -0.0980. The fraction of sp³-hybridized carbons (Fsp3) is 0.0741. The van der Waals surface area contributed by atoms with Gasteiger partial charge in [0.2, 0.25) is 0 Å². The maximum atomic E-state index is 9.81. The maximum Gasteiger partial charge on any atom is 0.127 e. The summed E-state index contributed by atoms with van der Waals surface area (Å²) in [5.41, 5.74) is 2.36. The number of para-hydroxylation sites is 2. The molecule has 176 valence electrons. The Labute approximate surface area is 197 Å². The van der Waals surface area contributed by atoms with Crippen LogP contribution in [-0.2, 0) is 4.79 Å². The van der Waals surface area contributed by atoms with Crippen molar-refractivity contribution in [2.24, 2.45) is 0 Å². The van der Waals surface area contributed by atoms with Gasteiger partial charge in [0.15, 0.2) is 0 Å². The minimum absolute atomic E-state index is 0.0841. The van der Waals surface area contributed by atoms with Crippen LogP contribution in [0.15, 0.2) is 84.9 Å². The molecule has 7 heteroatoms. The maximum absolute atomic E-state index is 9.81. The topological polar surface area (TPSA) is 116 Å². The van der Waals surface area contributed by atoms with E-state index in [9.17, 15) is 20.4 Å². The highest BCUT2D eigenvalue weighted by Gasteiger charge is 2.10. The number of ether oxygens (including phenoxy) is 2. The summed E-state index contributed by atoms with van der Waals surface area (Å²) < 4.78 is 9.99. The highest BCUT2D eigenvalue weighted by molar-refractivity contribution is 5.76. The number of carbonyl (C=O) groups is 1. The van der Waals surface area contributed by atoms with Gasteiger partial charge in [0.05, 0.1) is 14.2 Å². The summed E-state index contributed by atoms with van der Waals surface area (Å²) >= 11 is 0. The van der Waals surface area contributed by atoms with E-state index in [4.69, 9.17) is 14.3 Å². The average Bonchev–Trinajstić information content (AvgIpc) is 2.86. The standard InChI is InChI=1S/2C13H12O3.CH2O/c2*1-16-9-6-7-11(13(15)8-9)10-4-2-3-5-12(10)14;1-2/h2*2-8,14-15H,1H3;1H2. The molecular weight excluding hydrogens is 436 g/mol. The van der Waals surface area contributed by atoms with Crippen molar-refractivity contribution in [3.63, 3.8) is 0 Å². The zero-order valence-electron chi connectivity index (χ0n) is 18.8. The van der Waals surface area contributed by atoms with Gasteiger partial charge < -0.3 is 34.7 Å². The van der Waals surface area contributed by atoms with Gasteiger partial charge in [0.1, 0.15) is 41.3 Å². The lowest BCUT2D eigenvalue weighted by atomic mass is 10.0. The van der Waals surface area contributed by atoms with Crippen LogP contribution in [0.2, 0.25) is 0 Å². The Morgan fingerprint density at radius 1 is 0.500 bits per heavy atom. The second-order valence-electron chi connectivity index (χ2n) is 6.80. The first kappa shape index (κ1) is 25.6. The van der Waals surface area contributed by atoms with Crippen molar-refractivity contribution in [2.75, 3.05) is 14.2 Å². The molecule has 0 aromatic heterocycles. The molecule has 0 fully saturated rings. The van der Waals surface area contributed by atoms with Crippen molar-refractivity contribution >= 4 is 6.79 Å². The SMILES string of the molecule is C=O.COc1ccc(-c2ccccc2O)c(O)c1.COc1ccc(-c2ccccc2O)c(O)c1. The first-order valence-corrected chi connectivity index (χ1v) is 10.0. The lowest BCUT2D eigenvalue weighted by Crippen LogP contribution is -1.84. The van der Waals surface area contributed by atoms with E-state index in [0.717, 1.165) is 0 Å². The fourth-order valence-corrected chi connectivity index (χ4v) is 3.14. The summed E-state index contributed by atoms with van der Waals surface area (Å²) in [6, 6.07) is 23.7. The normalized spacial score (nSPS) is 9.59. The minimum Gasteiger partial charge on any atom is -0.507 e. The minimum atomic E-state index is 0.0841. The van der Waals surface area contributed by atoms with Crippen molar-refractivity contribution < 1.29 is 34.7 Å². The number of hydrogen-bond acceptors (Lipinski definition) is 7. The molecule has 0 saturated carbocycles. The quantitative estimate of drug-likeness (QED) is 0.322. The number of carbonyl (C=O) groups excluding carboxylic acids is 1. The van der Waals surface area contributed by atoms with E-state index in [2.05, 4.69) is 0 Å². The Balaban J connectivity index is 0.000000224. The molecule has 0 aliphatic rings. The average molecular weight is 462 g/mol. The Hall–Kier alpha value is -4.65. The zero-order chi connectivity index (χ0) is 25.1. The molecule has 0 aliphatic heterocycles. The summed E-state index contributed by atoms with van der Waals surface area (Å²) in [5, 5.41) is 39.0. The largest absolute Gasteiger partial charge is 0.507 e. The molecule has 4 rings (SSSR count). The molecule has 0 unspecified atom stereocenters. The molecule has 0 aliphatic carbocycles. The van der Waals surface area contributed by atoms with E-state index in [1.165, 1.54) is 26.4 Å². The molecule has 0 radical (unpaired) electrons. The molecule has 0 spiro atoms. The molecule has 0 amide bonds. The first-order chi connectivity index (χ1) is 16.4. The van der Waals surface area contributed by atoms with Crippen LogP contribution in [0.5, 0.6) is 34.5 Å². The van der Waals surface area contributed by atoms with Crippen molar-refractivity contribution in [1.29, 1.82) is 0 Å². The number of phenolic OH excluding ortho intramolecular Hbond substituents is 4. The van der Waals surface area contributed by atoms with Crippen LogP contribution in [-0.4, -0.2) is 41.4 Å². The van der Waals surface area contributed by atoms with Crippen LogP contribution < -0.4 is 9.47 Å². The number of aromatic hydroxyl groups is 4. The molecule has 4 aromatic rings. The van der Waals surface area contributed by atoms with Crippen LogP contribution in [0.1, 0.15) is 0 Å². The fourth-order valence-electron chi connectivity index (χ4n) is 3.14. The molecule has 0 saturated heterocycles. The van der Waals surface area contributed by atoms with E-state index >= 15 is 0 Å². The summed E-state index contributed by atoms with van der Waals surface area (Å²) in [7, 11) is 3.07. The summed E-state index contributed by atoms with van der Waals surface area (Å²) in [4.78, 5) is 8.00. The van der Waals surface area contributed by atoms with E-state index in [0.29, 0.717) is 33.8 Å². The van der Waals surface area contributed by atoms with Gasteiger partial charge in [-0.2, -0.15) is 0 Å². The van der Waals surface area contributed by atoms with Crippen LogP contribution >= 0.6 is 0 Å². The van der Waals surface area contributed by atoms with Gasteiger partial charge in [-0.15, -0.1) is 0 Å². The predicted molar refractivity (Wildman–Crippen MR) is 131 cm³/mol. The van der Waals surface area contributed by atoms with Gasteiger partial charge >= 0.3 is 0 Å². The summed E-state index contributed by atoms with van der Waals surface area (Å²) in [5.74, 6) is 1.61. The molecular formula is C27H26O7. The molecule has 0 atom stereocenters. The third-order valence-corrected chi connectivity index (χ3v) is 4.80.